The monoisotopic (exact) mass is 419 g/mol. The van der Waals surface area contributed by atoms with Crippen molar-refractivity contribution in [2.45, 2.75) is 26.0 Å². The fourth-order valence-electron chi connectivity index (χ4n) is 3.43. The Morgan fingerprint density at radius 3 is 2.45 bits per heavy atom. The fraction of sp³-hybridized carbons (Fsp3) is 0.304. The number of nitrogens with one attached hydrogen (secondary N) is 1. The molecule has 1 saturated heterocycles. The Kier molecular flexibility index (Phi) is 5.97. The highest BCUT2D eigenvalue weighted by Crippen LogP contribution is 2.25. The van der Waals surface area contributed by atoms with Crippen molar-refractivity contribution in [3.63, 3.8) is 0 Å². The van der Waals surface area contributed by atoms with E-state index < -0.39 is 0 Å². The molecule has 0 spiro atoms. The number of nitrogens with zero attached hydrogens (tertiary/aromatic N) is 4. The Morgan fingerprint density at radius 1 is 1.10 bits per heavy atom. The normalized spacial score (nSPS) is 14.5. The molecule has 31 heavy (non-hydrogen) atoms. The van der Waals surface area contributed by atoms with Crippen LogP contribution in [0, 0.1) is 0 Å². The van der Waals surface area contributed by atoms with Gasteiger partial charge in [-0.3, -0.25) is 4.79 Å². The van der Waals surface area contributed by atoms with Gasteiger partial charge in [0.05, 0.1) is 26.2 Å². The van der Waals surface area contributed by atoms with Crippen LogP contribution in [0.15, 0.2) is 55.0 Å². The van der Waals surface area contributed by atoms with Crippen LogP contribution >= 0.6 is 0 Å². The maximum Gasteiger partial charge on any atom is 0.225 e. The van der Waals surface area contributed by atoms with Gasteiger partial charge in [-0.1, -0.05) is 12.1 Å². The van der Waals surface area contributed by atoms with Gasteiger partial charge in [0.15, 0.2) is 0 Å². The van der Waals surface area contributed by atoms with E-state index in [0.717, 1.165) is 35.5 Å². The number of aromatic nitrogens is 3. The van der Waals surface area contributed by atoms with Crippen molar-refractivity contribution in [3.8, 4) is 22.8 Å². The number of carbonyl (C=O) groups is 1. The highest BCUT2D eigenvalue weighted by molar-refractivity contribution is 5.73. The number of carbonyl (C=O) groups excluding carboxylic acids is 1. The zero-order valence-electron chi connectivity index (χ0n) is 17.8. The largest absolute Gasteiger partial charge is 0.487 e. The highest BCUT2D eigenvalue weighted by Gasteiger charge is 2.30. The molecule has 0 radical (unpaired) electrons. The number of hydrogen-bond acceptors (Lipinski definition) is 7. The first kappa shape index (κ1) is 20.6. The molecule has 1 aromatic carbocycles. The second-order valence-corrected chi connectivity index (χ2v) is 7.49. The summed E-state index contributed by atoms with van der Waals surface area (Å²) in [4.78, 5) is 26.4. The third kappa shape index (κ3) is 4.91. The topological polar surface area (TPSA) is 89.5 Å². The summed E-state index contributed by atoms with van der Waals surface area (Å²) in [6, 6.07) is 11.5. The van der Waals surface area contributed by atoms with E-state index in [1.807, 2.05) is 43.3 Å². The van der Waals surface area contributed by atoms with Crippen LogP contribution in [-0.4, -0.2) is 47.2 Å². The number of anilines is 1. The Labute approximate surface area is 181 Å². The molecule has 0 unspecified atom stereocenters. The summed E-state index contributed by atoms with van der Waals surface area (Å²) in [5, 5.41) is 2.88. The summed E-state index contributed by atoms with van der Waals surface area (Å²) in [6.45, 7) is 4.93. The predicted octanol–water partition coefficient (Wildman–Crippen LogP) is 3.01. The van der Waals surface area contributed by atoms with Crippen molar-refractivity contribution in [1.29, 1.82) is 0 Å². The molecule has 2 aromatic heterocycles. The minimum Gasteiger partial charge on any atom is -0.487 e. The molecule has 1 fully saturated rings. The molecule has 0 aliphatic carbocycles. The van der Waals surface area contributed by atoms with Gasteiger partial charge >= 0.3 is 0 Å². The lowest BCUT2D eigenvalue weighted by Gasteiger charge is -2.38. The first-order valence-electron chi connectivity index (χ1n) is 10.1. The lowest BCUT2D eigenvalue weighted by molar-refractivity contribution is -0.119. The summed E-state index contributed by atoms with van der Waals surface area (Å²) < 4.78 is 11.2. The van der Waals surface area contributed by atoms with E-state index in [0.29, 0.717) is 11.8 Å². The molecule has 0 saturated carbocycles. The molecular formula is C23H25N5O3. The molecule has 0 bridgehead atoms. The second kappa shape index (κ2) is 8.99. The van der Waals surface area contributed by atoms with Crippen LogP contribution in [0.3, 0.4) is 0 Å². The average molecular weight is 419 g/mol. The minimum absolute atomic E-state index is 0.0286. The lowest BCUT2D eigenvalue weighted by Crippen LogP contribution is -2.54. The summed E-state index contributed by atoms with van der Waals surface area (Å²) in [5.74, 6) is 2.01. The standard InChI is InChI=1S/C23H25N5O3/c1-15(27-16(2)29)17-4-6-20(7-5-17)31-21-13-28(14-21)23-25-11-19(12-26-23)18-8-9-24-22(10-18)30-3/h4-12,15,21H,13-14H2,1-3H3,(H,27,29)/t15-/m0/s1. The molecule has 3 heterocycles. The molecule has 4 rings (SSSR count). The van der Waals surface area contributed by atoms with E-state index in [1.165, 1.54) is 6.92 Å². The van der Waals surface area contributed by atoms with Crippen molar-refractivity contribution in [2.24, 2.45) is 0 Å². The molecule has 8 heteroatoms. The van der Waals surface area contributed by atoms with E-state index >= 15 is 0 Å². The van der Waals surface area contributed by atoms with E-state index in [4.69, 9.17) is 9.47 Å². The van der Waals surface area contributed by atoms with Crippen LogP contribution < -0.4 is 19.7 Å². The van der Waals surface area contributed by atoms with Crippen molar-refractivity contribution in [3.05, 3.63) is 60.6 Å². The SMILES string of the molecule is COc1cc(-c2cnc(N3CC(Oc4ccc([C@H](C)NC(C)=O)cc4)C3)nc2)ccn1. The minimum atomic E-state index is -0.0434. The molecule has 1 amide bonds. The number of methoxy groups -OCH3 is 1. The third-order valence-electron chi connectivity index (χ3n) is 5.15. The van der Waals surface area contributed by atoms with E-state index in [9.17, 15) is 4.79 Å². The molecule has 160 valence electrons. The Bertz CT molecular complexity index is 1030. The maximum absolute atomic E-state index is 11.2. The van der Waals surface area contributed by atoms with Crippen LogP contribution in [0.1, 0.15) is 25.5 Å². The second-order valence-electron chi connectivity index (χ2n) is 7.49. The third-order valence-corrected chi connectivity index (χ3v) is 5.15. The summed E-state index contributed by atoms with van der Waals surface area (Å²) in [5.41, 5.74) is 2.91. The van der Waals surface area contributed by atoms with Gasteiger partial charge < -0.3 is 19.7 Å². The van der Waals surface area contributed by atoms with Crippen LogP contribution in [-0.2, 0) is 4.79 Å². The van der Waals surface area contributed by atoms with E-state index in [2.05, 4.69) is 25.2 Å². The molecule has 1 atom stereocenters. The zero-order valence-corrected chi connectivity index (χ0v) is 17.8. The lowest BCUT2D eigenvalue weighted by atomic mass is 10.1. The molecule has 3 aromatic rings. The summed E-state index contributed by atoms with van der Waals surface area (Å²) >= 11 is 0. The average Bonchev–Trinajstić information content (AvgIpc) is 2.76. The van der Waals surface area contributed by atoms with Crippen LogP contribution in [0.5, 0.6) is 11.6 Å². The Morgan fingerprint density at radius 2 is 1.81 bits per heavy atom. The van der Waals surface area contributed by atoms with Gasteiger partial charge in [0.2, 0.25) is 17.7 Å². The number of rotatable bonds is 7. The summed E-state index contributed by atoms with van der Waals surface area (Å²) in [7, 11) is 1.59. The van der Waals surface area contributed by atoms with Crippen molar-refractivity contribution < 1.29 is 14.3 Å². The van der Waals surface area contributed by atoms with Crippen LogP contribution in [0.25, 0.3) is 11.1 Å². The number of amides is 1. The van der Waals surface area contributed by atoms with Gasteiger partial charge in [-0.25, -0.2) is 15.0 Å². The van der Waals surface area contributed by atoms with E-state index in [1.54, 1.807) is 25.7 Å². The maximum atomic E-state index is 11.2. The quantitative estimate of drug-likeness (QED) is 0.630. The van der Waals surface area contributed by atoms with Gasteiger partial charge in [-0.05, 0) is 36.2 Å². The summed E-state index contributed by atoms with van der Waals surface area (Å²) in [6.07, 6.45) is 5.40. The van der Waals surface area contributed by atoms with Gasteiger partial charge in [0.1, 0.15) is 11.9 Å². The van der Waals surface area contributed by atoms with E-state index in [-0.39, 0.29) is 18.1 Å². The Hall–Kier alpha value is -3.68. The number of pyridine rings is 1. The van der Waals surface area contributed by atoms with Crippen LogP contribution in [0.2, 0.25) is 0 Å². The number of hydrogen-bond donors (Lipinski definition) is 1. The smallest absolute Gasteiger partial charge is 0.225 e. The zero-order chi connectivity index (χ0) is 21.8. The Balaban J connectivity index is 1.30. The van der Waals surface area contributed by atoms with Crippen LogP contribution in [0.4, 0.5) is 5.95 Å². The molecule has 8 nitrogen and oxygen atoms in total. The highest BCUT2D eigenvalue weighted by atomic mass is 16.5. The first-order valence-corrected chi connectivity index (χ1v) is 10.1. The van der Waals surface area contributed by atoms with Crippen molar-refractivity contribution in [2.75, 3.05) is 25.1 Å². The number of benzene rings is 1. The van der Waals surface area contributed by atoms with Crippen molar-refractivity contribution >= 4 is 11.9 Å². The van der Waals surface area contributed by atoms with Gasteiger partial charge in [-0.15, -0.1) is 0 Å². The van der Waals surface area contributed by atoms with Gasteiger partial charge in [-0.2, -0.15) is 0 Å². The molecule has 1 aliphatic rings. The molecular weight excluding hydrogens is 394 g/mol. The fourth-order valence-corrected chi connectivity index (χ4v) is 3.43. The van der Waals surface area contributed by atoms with Crippen molar-refractivity contribution in [1.82, 2.24) is 20.3 Å². The number of ether oxygens (including phenoxy) is 2. The predicted molar refractivity (Wildman–Crippen MR) is 117 cm³/mol. The van der Waals surface area contributed by atoms with Gasteiger partial charge in [0, 0.05) is 37.1 Å². The first-order chi connectivity index (χ1) is 15.0. The van der Waals surface area contributed by atoms with Gasteiger partial charge in [0.25, 0.3) is 0 Å². The molecule has 1 aliphatic heterocycles. The molecule has 1 N–H and O–H groups in total.